The quantitative estimate of drug-likeness (QED) is 0.398. The Kier molecular flexibility index (Phi) is 2.55. The first kappa shape index (κ1) is 10.2. The smallest absolute Gasteiger partial charge is 0.211 e. The molecule has 0 aliphatic rings. The summed E-state index contributed by atoms with van der Waals surface area (Å²) in [7, 11) is 0. The Morgan fingerprint density at radius 3 is 2.94 bits per heavy atom. The lowest BCUT2D eigenvalue weighted by molar-refractivity contribution is 0.637. The molecule has 1 heterocycles. The molecule has 0 amide bonds. The third-order valence-corrected chi connectivity index (χ3v) is 2.01. The van der Waals surface area contributed by atoms with Crippen molar-refractivity contribution in [3.8, 4) is 0 Å². The molecular weight excluding hydrogens is 209 g/mol. The number of H-pyrrole nitrogens is 1. The molecule has 2 rings (SSSR count). The average molecular weight is 219 g/mol. The Morgan fingerprint density at radius 2 is 2.19 bits per heavy atom. The second kappa shape index (κ2) is 4.01. The van der Waals surface area contributed by atoms with Gasteiger partial charge >= 0.3 is 0 Å². The Hall–Kier alpha value is -2.37. The highest BCUT2D eigenvalue weighted by Gasteiger charge is 2.02. The maximum absolute atomic E-state index is 13.5. The van der Waals surface area contributed by atoms with Gasteiger partial charge in [-0.15, -0.1) is 5.10 Å². The van der Waals surface area contributed by atoms with Crippen molar-refractivity contribution >= 4 is 23.1 Å². The Bertz CT molecular complexity index is 566. The van der Waals surface area contributed by atoms with Crippen LogP contribution in [0.25, 0.3) is 10.9 Å². The zero-order valence-corrected chi connectivity index (χ0v) is 8.31. The van der Waals surface area contributed by atoms with Crippen molar-refractivity contribution in [2.24, 2.45) is 21.7 Å². The highest BCUT2D eigenvalue weighted by molar-refractivity contribution is 5.89. The van der Waals surface area contributed by atoms with Gasteiger partial charge in [-0.3, -0.25) is 0 Å². The monoisotopic (exact) mass is 219 g/mol. The van der Waals surface area contributed by atoms with E-state index >= 15 is 0 Å². The minimum atomic E-state index is -0.339. The van der Waals surface area contributed by atoms with Gasteiger partial charge in [0, 0.05) is 11.6 Å². The molecule has 0 radical (unpaired) electrons. The van der Waals surface area contributed by atoms with E-state index in [-0.39, 0.29) is 11.8 Å². The number of hydrogen-bond acceptors (Lipinski definition) is 2. The van der Waals surface area contributed by atoms with Gasteiger partial charge in [0.1, 0.15) is 5.82 Å². The van der Waals surface area contributed by atoms with Crippen molar-refractivity contribution < 1.29 is 4.39 Å². The molecule has 0 aliphatic carbocycles. The Labute approximate surface area is 90.7 Å². The first-order valence-electron chi connectivity index (χ1n) is 4.55. The summed E-state index contributed by atoms with van der Waals surface area (Å²) >= 11 is 0. The van der Waals surface area contributed by atoms with E-state index in [0.29, 0.717) is 11.1 Å². The van der Waals surface area contributed by atoms with Crippen LogP contribution in [-0.4, -0.2) is 17.2 Å². The van der Waals surface area contributed by atoms with Crippen LogP contribution in [0.5, 0.6) is 0 Å². The molecule has 82 valence electrons. The number of nitrogens with two attached hydrogens (primary N) is 2. The van der Waals surface area contributed by atoms with Gasteiger partial charge in [0.2, 0.25) is 5.96 Å². The summed E-state index contributed by atoms with van der Waals surface area (Å²) in [5, 5.41) is 7.81. The fraction of sp³-hybridized carbons (Fsp3) is 0. The lowest BCUT2D eigenvalue weighted by Crippen LogP contribution is -2.21. The van der Waals surface area contributed by atoms with Gasteiger partial charge in [-0.1, -0.05) is 0 Å². The molecule has 16 heavy (non-hydrogen) atoms. The molecule has 0 atom stereocenters. The highest BCUT2D eigenvalue weighted by Crippen LogP contribution is 2.17. The molecule has 0 fully saturated rings. The lowest BCUT2D eigenvalue weighted by Gasteiger charge is -1.95. The number of rotatable bonds is 2. The molecule has 1 aromatic carbocycles. The molecule has 1 aromatic heterocycles. The second-order valence-corrected chi connectivity index (χ2v) is 3.21. The standard InChI is InChI=1S/C10H10FN5/c11-8-4-6(5-15-16-10(12)13)3-7-1-2-14-9(7)8/h1-5,14H,(H4,12,13,16). The van der Waals surface area contributed by atoms with E-state index in [2.05, 4.69) is 15.2 Å². The van der Waals surface area contributed by atoms with E-state index in [0.717, 1.165) is 5.39 Å². The van der Waals surface area contributed by atoms with Crippen LogP contribution in [0.3, 0.4) is 0 Å². The van der Waals surface area contributed by atoms with E-state index < -0.39 is 0 Å². The molecule has 0 bridgehead atoms. The summed E-state index contributed by atoms with van der Waals surface area (Å²) < 4.78 is 13.5. The molecular formula is C10H10FN5. The van der Waals surface area contributed by atoms with Crippen LogP contribution in [0.2, 0.25) is 0 Å². The number of aromatic nitrogens is 1. The number of nitrogens with zero attached hydrogens (tertiary/aromatic N) is 2. The number of hydrogen-bond donors (Lipinski definition) is 3. The molecule has 6 heteroatoms. The van der Waals surface area contributed by atoms with Crippen LogP contribution in [0, 0.1) is 5.82 Å². The van der Waals surface area contributed by atoms with E-state index in [1.165, 1.54) is 12.3 Å². The van der Waals surface area contributed by atoms with Gasteiger partial charge in [0.25, 0.3) is 0 Å². The number of halogens is 1. The predicted molar refractivity (Wildman–Crippen MR) is 61.7 cm³/mol. The Morgan fingerprint density at radius 1 is 1.38 bits per heavy atom. The lowest BCUT2D eigenvalue weighted by atomic mass is 10.1. The van der Waals surface area contributed by atoms with Crippen molar-refractivity contribution in [2.75, 3.05) is 0 Å². The van der Waals surface area contributed by atoms with E-state index in [9.17, 15) is 4.39 Å². The van der Waals surface area contributed by atoms with Crippen LogP contribution < -0.4 is 11.5 Å². The first-order valence-corrected chi connectivity index (χ1v) is 4.55. The van der Waals surface area contributed by atoms with Crippen LogP contribution in [0.4, 0.5) is 4.39 Å². The third-order valence-electron chi connectivity index (χ3n) is 2.01. The van der Waals surface area contributed by atoms with Crippen molar-refractivity contribution in [1.82, 2.24) is 4.98 Å². The minimum Gasteiger partial charge on any atom is -0.369 e. The van der Waals surface area contributed by atoms with Gasteiger partial charge in [-0.2, -0.15) is 5.10 Å². The van der Waals surface area contributed by atoms with Gasteiger partial charge in [0.15, 0.2) is 0 Å². The summed E-state index contributed by atoms with van der Waals surface area (Å²) in [5.74, 6) is -0.479. The summed E-state index contributed by atoms with van der Waals surface area (Å²) in [4.78, 5) is 2.80. The topological polar surface area (TPSA) is 92.6 Å². The second-order valence-electron chi connectivity index (χ2n) is 3.21. The van der Waals surface area contributed by atoms with Crippen molar-refractivity contribution in [3.05, 3.63) is 35.8 Å². The zero-order valence-electron chi connectivity index (χ0n) is 8.31. The van der Waals surface area contributed by atoms with Crippen LogP contribution >= 0.6 is 0 Å². The average Bonchev–Trinajstić information content (AvgIpc) is 2.65. The molecule has 5 N–H and O–H groups in total. The normalized spacial score (nSPS) is 11.1. The minimum absolute atomic E-state index is 0.139. The fourth-order valence-electron chi connectivity index (χ4n) is 1.39. The molecule has 0 spiro atoms. The summed E-state index contributed by atoms with van der Waals surface area (Å²) in [6, 6.07) is 4.90. The van der Waals surface area contributed by atoms with Gasteiger partial charge in [0.05, 0.1) is 11.7 Å². The van der Waals surface area contributed by atoms with Crippen LogP contribution in [0.1, 0.15) is 5.56 Å². The largest absolute Gasteiger partial charge is 0.369 e. The summed E-state index contributed by atoms with van der Waals surface area (Å²) in [6.45, 7) is 0. The molecule has 0 aliphatic heterocycles. The van der Waals surface area contributed by atoms with Crippen molar-refractivity contribution in [1.29, 1.82) is 0 Å². The molecule has 2 aromatic rings. The van der Waals surface area contributed by atoms with Gasteiger partial charge in [-0.25, -0.2) is 4.39 Å². The number of aromatic amines is 1. The number of guanidine groups is 1. The van der Waals surface area contributed by atoms with E-state index in [1.54, 1.807) is 18.3 Å². The maximum Gasteiger partial charge on any atom is 0.211 e. The van der Waals surface area contributed by atoms with Crippen molar-refractivity contribution in [2.45, 2.75) is 0 Å². The first-order chi connectivity index (χ1) is 7.66. The van der Waals surface area contributed by atoms with Crippen molar-refractivity contribution in [3.63, 3.8) is 0 Å². The van der Waals surface area contributed by atoms with Crippen LogP contribution in [0.15, 0.2) is 34.6 Å². The van der Waals surface area contributed by atoms with Crippen LogP contribution in [-0.2, 0) is 0 Å². The Balaban J connectivity index is 2.38. The number of benzene rings is 1. The molecule has 0 saturated carbocycles. The summed E-state index contributed by atoms with van der Waals surface area (Å²) in [5.41, 5.74) is 11.3. The maximum atomic E-state index is 13.5. The fourth-order valence-corrected chi connectivity index (χ4v) is 1.39. The zero-order chi connectivity index (χ0) is 11.5. The molecule has 0 saturated heterocycles. The predicted octanol–water partition coefficient (Wildman–Crippen LogP) is 0.914. The van der Waals surface area contributed by atoms with E-state index in [1.807, 2.05) is 0 Å². The van der Waals surface area contributed by atoms with Gasteiger partial charge < -0.3 is 16.5 Å². The molecule has 0 unspecified atom stereocenters. The SMILES string of the molecule is NC(N)=NN=Cc1cc(F)c2[nH]ccc2c1. The summed E-state index contributed by atoms with van der Waals surface area (Å²) in [6.07, 6.45) is 3.06. The molecule has 5 nitrogen and oxygen atoms in total. The number of fused-ring (bicyclic) bond motifs is 1. The van der Waals surface area contributed by atoms with Gasteiger partial charge in [-0.05, 0) is 23.8 Å². The third kappa shape index (κ3) is 2.00. The highest BCUT2D eigenvalue weighted by atomic mass is 19.1. The number of nitrogens with one attached hydrogen (secondary N) is 1. The van der Waals surface area contributed by atoms with E-state index in [4.69, 9.17) is 11.5 Å².